The number of nitrogens with two attached hydrogens (primary N) is 1. The maximum absolute atomic E-state index is 10.8. The lowest BCUT2D eigenvalue weighted by molar-refractivity contribution is -0.384. The highest BCUT2D eigenvalue weighted by atomic mass is 16.6. The van der Waals surface area contributed by atoms with E-state index in [1.54, 1.807) is 0 Å². The smallest absolute Gasteiger partial charge is 0.284 e. The molecule has 0 unspecified atom stereocenters. The first-order chi connectivity index (χ1) is 7.08. The molecule has 2 N–H and O–H groups in total. The van der Waals surface area contributed by atoms with Crippen molar-refractivity contribution in [1.29, 1.82) is 0 Å². The maximum Gasteiger partial charge on any atom is 0.284 e. The van der Waals surface area contributed by atoms with Crippen LogP contribution in [0.25, 0.3) is 11.0 Å². The summed E-state index contributed by atoms with van der Waals surface area (Å²) < 4.78 is 5.04. The highest BCUT2D eigenvalue weighted by Gasteiger charge is 2.12. The Bertz CT molecular complexity index is 546. The topological polar surface area (TPSA) is 99.4 Å². The minimum absolute atomic E-state index is 0.00880. The van der Waals surface area contributed by atoms with Crippen molar-refractivity contribution in [3.05, 3.63) is 40.1 Å². The van der Waals surface area contributed by atoms with Gasteiger partial charge in [0.1, 0.15) is 5.58 Å². The van der Waals surface area contributed by atoms with Gasteiger partial charge in [-0.25, -0.2) is 0 Å². The van der Waals surface area contributed by atoms with Crippen LogP contribution in [0.15, 0.2) is 28.7 Å². The Morgan fingerprint density at radius 1 is 1.40 bits per heavy atom. The second kappa shape index (κ2) is 3.09. The summed E-state index contributed by atoms with van der Waals surface area (Å²) in [6.07, 6.45) is 0. The molecule has 0 saturated carbocycles. The molecule has 2 aromatic rings. The Balaban J connectivity index is 2.62. The van der Waals surface area contributed by atoms with Gasteiger partial charge in [-0.2, -0.15) is 0 Å². The summed E-state index contributed by atoms with van der Waals surface area (Å²) in [6, 6.07) is 5.54. The van der Waals surface area contributed by atoms with E-state index in [0.29, 0.717) is 5.39 Å². The van der Waals surface area contributed by atoms with Crippen LogP contribution in [0.5, 0.6) is 0 Å². The number of nitro groups is 1. The van der Waals surface area contributed by atoms with E-state index in [4.69, 9.17) is 10.2 Å². The quantitative estimate of drug-likeness (QED) is 0.593. The molecule has 0 bridgehead atoms. The van der Waals surface area contributed by atoms with Crippen molar-refractivity contribution < 1.29 is 14.1 Å². The molecule has 76 valence electrons. The van der Waals surface area contributed by atoms with Crippen LogP contribution in [0.3, 0.4) is 0 Å². The second-order valence-electron chi connectivity index (χ2n) is 2.95. The van der Waals surface area contributed by atoms with Crippen LogP contribution in [0, 0.1) is 10.1 Å². The second-order valence-corrected chi connectivity index (χ2v) is 2.95. The van der Waals surface area contributed by atoms with Crippen molar-refractivity contribution in [1.82, 2.24) is 0 Å². The number of amides is 1. The van der Waals surface area contributed by atoms with Crippen LogP contribution in [0.4, 0.5) is 5.69 Å². The fraction of sp³-hybridized carbons (Fsp3) is 0. The average molecular weight is 206 g/mol. The van der Waals surface area contributed by atoms with E-state index in [-0.39, 0.29) is 17.0 Å². The molecule has 6 nitrogen and oxygen atoms in total. The summed E-state index contributed by atoms with van der Waals surface area (Å²) >= 11 is 0. The van der Waals surface area contributed by atoms with Crippen LogP contribution in [0.2, 0.25) is 0 Å². The van der Waals surface area contributed by atoms with Gasteiger partial charge in [-0.15, -0.1) is 0 Å². The molecule has 0 atom stereocenters. The summed E-state index contributed by atoms with van der Waals surface area (Å²) in [6.45, 7) is 0. The molecular formula is C9H6N2O4. The van der Waals surface area contributed by atoms with Gasteiger partial charge < -0.3 is 10.2 Å². The molecule has 1 aromatic carbocycles. The molecule has 2 rings (SSSR count). The number of fused-ring (bicyclic) bond motifs is 1. The fourth-order valence-corrected chi connectivity index (χ4v) is 1.25. The predicted molar refractivity (Wildman–Crippen MR) is 51.4 cm³/mol. The lowest BCUT2D eigenvalue weighted by atomic mass is 10.2. The van der Waals surface area contributed by atoms with Crippen molar-refractivity contribution in [2.45, 2.75) is 0 Å². The molecule has 0 aliphatic heterocycles. The normalized spacial score (nSPS) is 10.4. The number of benzene rings is 1. The summed E-state index contributed by atoms with van der Waals surface area (Å²) in [4.78, 5) is 20.7. The van der Waals surface area contributed by atoms with Gasteiger partial charge in [-0.1, -0.05) is 0 Å². The van der Waals surface area contributed by atoms with Crippen LogP contribution >= 0.6 is 0 Å². The third-order valence-electron chi connectivity index (χ3n) is 1.96. The minimum atomic E-state index is -0.700. The molecule has 15 heavy (non-hydrogen) atoms. The number of hydrogen-bond acceptors (Lipinski definition) is 4. The molecule has 0 aliphatic rings. The lowest BCUT2D eigenvalue weighted by Gasteiger charge is -1.89. The standard InChI is InChI=1S/C9H6N2O4/c10-9(12)8-3-5-1-2-6(11(13)14)4-7(5)15-8/h1-4H,(H2,10,12). The number of nitrogens with zero attached hydrogens (tertiary/aromatic N) is 1. The summed E-state index contributed by atoms with van der Waals surface area (Å²) in [7, 11) is 0. The Kier molecular flexibility index (Phi) is 1.89. The van der Waals surface area contributed by atoms with Crippen LogP contribution in [0.1, 0.15) is 10.6 Å². The van der Waals surface area contributed by atoms with Crippen molar-refractivity contribution in [3.63, 3.8) is 0 Å². The van der Waals surface area contributed by atoms with E-state index >= 15 is 0 Å². The third-order valence-corrected chi connectivity index (χ3v) is 1.96. The number of nitro benzene ring substituents is 1. The molecule has 0 spiro atoms. The van der Waals surface area contributed by atoms with E-state index in [9.17, 15) is 14.9 Å². The number of non-ortho nitro benzene ring substituents is 1. The molecular weight excluding hydrogens is 200 g/mol. The first-order valence-corrected chi connectivity index (χ1v) is 4.06. The summed E-state index contributed by atoms with van der Waals surface area (Å²) in [5.41, 5.74) is 5.19. The highest BCUT2D eigenvalue weighted by Crippen LogP contribution is 2.23. The summed E-state index contributed by atoms with van der Waals surface area (Å²) in [5.74, 6) is -0.709. The number of furan rings is 1. The number of carbonyl (C=O) groups is 1. The molecule has 6 heteroatoms. The zero-order chi connectivity index (χ0) is 11.0. The molecule has 1 amide bonds. The minimum Gasteiger partial charge on any atom is -0.451 e. The van der Waals surface area contributed by atoms with Gasteiger partial charge in [-0.05, 0) is 12.1 Å². The maximum atomic E-state index is 10.8. The van der Waals surface area contributed by atoms with Gasteiger partial charge in [0.2, 0.25) is 0 Å². The Morgan fingerprint density at radius 3 is 2.73 bits per heavy atom. The largest absolute Gasteiger partial charge is 0.451 e. The zero-order valence-electron chi connectivity index (χ0n) is 7.47. The van der Waals surface area contributed by atoms with E-state index in [1.165, 1.54) is 24.3 Å². The number of carbonyl (C=O) groups excluding carboxylic acids is 1. The third kappa shape index (κ3) is 1.52. The Labute approximate surface area is 83.4 Å². The van der Waals surface area contributed by atoms with Gasteiger partial charge in [0.05, 0.1) is 11.0 Å². The van der Waals surface area contributed by atoms with Crippen LogP contribution < -0.4 is 5.73 Å². The van der Waals surface area contributed by atoms with Gasteiger partial charge in [0.15, 0.2) is 5.76 Å². The Morgan fingerprint density at radius 2 is 2.13 bits per heavy atom. The fourth-order valence-electron chi connectivity index (χ4n) is 1.25. The summed E-state index contributed by atoms with van der Waals surface area (Å²) in [5, 5.41) is 11.1. The predicted octanol–water partition coefficient (Wildman–Crippen LogP) is 1.44. The van der Waals surface area contributed by atoms with E-state index in [1.807, 2.05) is 0 Å². The van der Waals surface area contributed by atoms with Gasteiger partial charge in [0, 0.05) is 11.5 Å². The SMILES string of the molecule is NC(=O)c1cc2ccc([N+](=O)[O-])cc2o1. The van der Waals surface area contributed by atoms with E-state index < -0.39 is 10.8 Å². The molecule has 0 radical (unpaired) electrons. The molecule has 0 saturated heterocycles. The number of rotatable bonds is 2. The molecule has 0 aliphatic carbocycles. The molecule has 1 aromatic heterocycles. The van der Waals surface area contributed by atoms with Crippen molar-refractivity contribution >= 4 is 22.6 Å². The number of primary amides is 1. The molecule has 1 heterocycles. The van der Waals surface area contributed by atoms with Gasteiger partial charge in [0.25, 0.3) is 11.6 Å². The first-order valence-electron chi connectivity index (χ1n) is 4.06. The number of hydrogen-bond donors (Lipinski definition) is 1. The van der Waals surface area contributed by atoms with E-state index in [2.05, 4.69) is 0 Å². The van der Waals surface area contributed by atoms with Crippen molar-refractivity contribution in [2.75, 3.05) is 0 Å². The van der Waals surface area contributed by atoms with Crippen molar-refractivity contribution in [2.24, 2.45) is 5.73 Å². The van der Waals surface area contributed by atoms with Crippen LogP contribution in [-0.2, 0) is 0 Å². The zero-order valence-corrected chi connectivity index (χ0v) is 7.47. The van der Waals surface area contributed by atoms with Gasteiger partial charge >= 0.3 is 0 Å². The highest BCUT2D eigenvalue weighted by molar-refractivity contribution is 5.95. The first kappa shape index (κ1) is 9.20. The van der Waals surface area contributed by atoms with Crippen molar-refractivity contribution in [3.8, 4) is 0 Å². The lowest BCUT2D eigenvalue weighted by Crippen LogP contribution is -2.08. The monoisotopic (exact) mass is 206 g/mol. The van der Waals surface area contributed by atoms with E-state index in [0.717, 1.165) is 0 Å². The van der Waals surface area contributed by atoms with Gasteiger partial charge in [-0.3, -0.25) is 14.9 Å². The Hall–Kier alpha value is -2.37. The molecule has 0 fully saturated rings. The average Bonchev–Trinajstić information content (AvgIpc) is 2.59. The van der Waals surface area contributed by atoms with Crippen LogP contribution in [-0.4, -0.2) is 10.8 Å².